The first-order valence-electron chi connectivity index (χ1n) is 12.1. The number of nitrogens with one attached hydrogen (secondary N) is 2. The third kappa shape index (κ3) is 5.53. The largest absolute Gasteiger partial charge is 0.481 e. The normalized spacial score (nSPS) is 13.0. The molecule has 0 atom stereocenters. The van der Waals surface area contributed by atoms with Crippen molar-refractivity contribution in [2.75, 3.05) is 5.32 Å². The second-order valence-electron chi connectivity index (χ2n) is 9.49. The van der Waals surface area contributed by atoms with E-state index in [1.54, 1.807) is 6.07 Å². The molecule has 1 fully saturated rings. The number of pyridine rings is 1. The fourth-order valence-electron chi connectivity index (χ4n) is 4.52. The highest BCUT2D eigenvalue weighted by Gasteiger charge is 2.25. The highest BCUT2D eigenvalue weighted by Crippen LogP contribution is 2.40. The molecule has 190 valence electrons. The van der Waals surface area contributed by atoms with Crippen molar-refractivity contribution in [1.82, 2.24) is 19.4 Å². The molecule has 3 aromatic heterocycles. The van der Waals surface area contributed by atoms with Gasteiger partial charge in [0.25, 0.3) is 0 Å². The number of aryl methyl sites for hydroxylation is 2. The highest BCUT2D eigenvalue weighted by atomic mass is 16.5. The van der Waals surface area contributed by atoms with Crippen molar-refractivity contribution in [2.24, 2.45) is 5.73 Å². The molecule has 0 bridgehead atoms. The molecule has 1 aromatic carbocycles. The smallest absolute Gasteiger partial charge is 0.307 e. The molecular formula is C27H29N7O3. The molecule has 10 heteroatoms. The minimum absolute atomic E-state index is 0.0513. The van der Waals surface area contributed by atoms with Crippen molar-refractivity contribution in [2.45, 2.75) is 52.2 Å². The van der Waals surface area contributed by atoms with Crippen LogP contribution in [-0.2, 0) is 24.4 Å². The van der Waals surface area contributed by atoms with Crippen molar-refractivity contribution in [3.63, 3.8) is 0 Å². The Hall–Kier alpha value is -4.47. The average Bonchev–Trinajstić information content (AvgIpc) is 3.61. The summed E-state index contributed by atoms with van der Waals surface area (Å²) in [4.78, 5) is 24.5. The predicted molar refractivity (Wildman–Crippen MR) is 139 cm³/mol. The summed E-state index contributed by atoms with van der Waals surface area (Å²) in [6.45, 7) is 4.73. The summed E-state index contributed by atoms with van der Waals surface area (Å²) in [5.41, 5.74) is 12.7. The summed E-state index contributed by atoms with van der Waals surface area (Å²) >= 11 is 0. The van der Waals surface area contributed by atoms with E-state index in [4.69, 9.17) is 15.9 Å². The molecule has 0 saturated heterocycles. The Kier molecular flexibility index (Phi) is 6.47. The number of rotatable bonds is 10. The highest BCUT2D eigenvalue weighted by molar-refractivity contribution is 5.95. The summed E-state index contributed by atoms with van der Waals surface area (Å²) in [5, 5.41) is 20.3. The van der Waals surface area contributed by atoms with E-state index in [1.165, 1.54) is 6.33 Å². The van der Waals surface area contributed by atoms with E-state index in [9.17, 15) is 9.90 Å². The summed E-state index contributed by atoms with van der Waals surface area (Å²) in [7, 11) is 0. The van der Waals surface area contributed by atoms with Gasteiger partial charge in [-0.25, -0.2) is 15.0 Å². The molecule has 3 heterocycles. The van der Waals surface area contributed by atoms with Crippen LogP contribution in [0.4, 0.5) is 5.82 Å². The molecule has 0 spiro atoms. The number of carboxylic acids is 1. The number of aromatic nitrogens is 4. The van der Waals surface area contributed by atoms with Gasteiger partial charge in [0.2, 0.25) is 5.88 Å². The second-order valence-corrected chi connectivity index (χ2v) is 9.49. The lowest BCUT2D eigenvalue weighted by Crippen LogP contribution is -2.13. The SMILES string of the molecule is Cc1cc(C(=N)N)cc(C)c1CNc1cc(OCc2cn3cc(C4CC4)cc(CC(=O)O)c3n2)ncn1. The lowest BCUT2D eigenvalue weighted by atomic mass is 9.99. The molecule has 5 N–H and O–H groups in total. The van der Waals surface area contributed by atoms with Crippen LogP contribution in [0.25, 0.3) is 5.65 Å². The lowest BCUT2D eigenvalue weighted by Gasteiger charge is -2.14. The number of aliphatic carboxylic acids is 1. The monoisotopic (exact) mass is 499 g/mol. The van der Waals surface area contributed by atoms with Gasteiger partial charge >= 0.3 is 5.97 Å². The molecule has 4 aromatic rings. The lowest BCUT2D eigenvalue weighted by molar-refractivity contribution is -0.136. The minimum Gasteiger partial charge on any atom is -0.481 e. The van der Waals surface area contributed by atoms with Crippen molar-refractivity contribution < 1.29 is 14.6 Å². The molecule has 10 nitrogen and oxygen atoms in total. The molecule has 5 rings (SSSR count). The Labute approximate surface area is 214 Å². The number of fused-ring (bicyclic) bond motifs is 1. The van der Waals surface area contributed by atoms with E-state index in [2.05, 4.69) is 20.3 Å². The predicted octanol–water partition coefficient (Wildman–Crippen LogP) is 3.72. The molecule has 1 saturated carbocycles. The first-order chi connectivity index (χ1) is 17.8. The van der Waals surface area contributed by atoms with Crippen LogP contribution in [0.3, 0.4) is 0 Å². The molecule has 0 unspecified atom stereocenters. The molecule has 1 aliphatic rings. The molecular weight excluding hydrogens is 470 g/mol. The van der Waals surface area contributed by atoms with Gasteiger partial charge in [-0.15, -0.1) is 0 Å². The first kappa shape index (κ1) is 24.2. The van der Waals surface area contributed by atoms with Crippen molar-refractivity contribution in [3.8, 4) is 5.88 Å². The summed E-state index contributed by atoms with van der Waals surface area (Å²) < 4.78 is 7.80. The fraction of sp³-hybridized carbons (Fsp3) is 0.296. The zero-order chi connectivity index (χ0) is 26.1. The zero-order valence-electron chi connectivity index (χ0n) is 20.8. The number of carboxylic acid groups (broad SMARTS) is 1. The molecule has 0 amide bonds. The first-order valence-corrected chi connectivity index (χ1v) is 12.1. The van der Waals surface area contributed by atoms with E-state index in [0.29, 0.717) is 46.6 Å². The van der Waals surface area contributed by atoms with Crippen LogP contribution < -0.4 is 15.8 Å². The van der Waals surface area contributed by atoms with Crippen molar-refractivity contribution >= 4 is 23.3 Å². The maximum absolute atomic E-state index is 11.4. The fourth-order valence-corrected chi connectivity index (χ4v) is 4.52. The van der Waals surface area contributed by atoms with Gasteiger partial charge in [-0.3, -0.25) is 10.2 Å². The summed E-state index contributed by atoms with van der Waals surface area (Å²) in [6, 6.07) is 7.51. The van der Waals surface area contributed by atoms with Gasteiger partial charge in [-0.05, 0) is 73.1 Å². The number of nitrogens with zero attached hydrogens (tertiary/aromatic N) is 4. The number of amidine groups is 1. The molecule has 0 radical (unpaired) electrons. The Bertz CT molecular complexity index is 1480. The molecule has 1 aliphatic carbocycles. The van der Waals surface area contributed by atoms with E-state index in [-0.39, 0.29) is 18.9 Å². The number of carbonyl (C=O) groups is 1. The van der Waals surface area contributed by atoms with Gasteiger partial charge in [0.15, 0.2) is 0 Å². The Morgan fingerprint density at radius 3 is 2.62 bits per heavy atom. The number of hydrogen-bond donors (Lipinski definition) is 4. The Balaban J connectivity index is 1.28. The Morgan fingerprint density at radius 1 is 1.19 bits per heavy atom. The van der Waals surface area contributed by atoms with E-state index < -0.39 is 5.97 Å². The van der Waals surface area contributed by atoms with Crippen LogP contribution in [0.1, 0.15) is 57.8 Å². The average molecular weight is 500 g/mol. The number of nitrogens with two attached hydrogens (primary N) is 1. The third-order valence-corrected chi connectivity index (χ3v) is 6.55. The van der Waals surface area contributed by atoms with Crippen LogP contribution in [0.15, 0.2) is 43.0 Å². The number of benzene rings is 1. The number of nitrogen functional groups attached to an aromatic ring is 1. The Morgan fingerprint density at radius 2 is 1.95 bits per heavy atom. The van der Waals surface area contributed by atoms with Gasteiger partial charge < -0.3 is 25.3 Å². The van der Waals surface area contributed by atoms with Crippen molar-refractivity contribution in [3.05, 3.63) is 82.1 Å². The van der Waals surface area contributed by atoms with E-state index >= 15 is 0 Å². The van der Waals surface area contributed by atoms with Gasteiger partial charge in [0, 0.05) is 36.1 Å². The second kappa shape index (κ2) is 9.88. The summed E-state index contributed by atoms with van der Waals surface area (Å²) in [5.74, 6) is 0.699. The topological polar surface area (TPSA) is 152 Å². The third-order valence-electron chi connectivity index (χ3n) is 6.55. The number of hydrogen-bond acceptors (Lipinski definition) is 7. The van der Waals surface area contributed by atoms with Gasteiger partial charge in [-0.2, -0.15) is 0 Å². The van der Waals surface area contributed by atoms with Gasteiger partial charge in [-0.1, -0.05) is 0 Å². The van der Waals surface area contributed by atoms with Gasteiger partial charge in [0.1, 0.15) is 30.2 Å². The maximum Gasteiger partial charge on any atom is 0.307 e. The van der Waals surface area contributed by atoms with Crippen molar-refractivity contribution in [1.29, 1.82) is 5.41 Å². The quantitative estimate of drug-likeness (QED) is 0.190. The standard InChI is InChI=1S/C27H29N7O3/c1-15-5-18(26(28)29)6-16(2)22(15)10-30-23-9-24(32-14-31-23)37-13-21-12-34-11-20(17-3-4-17)7-19(8-25(35)36)27(34)33-21/h5-7,9,11-12,14,17H,3-4,8,10,13H2,1-2H3,(H3,28,29)(H,35,36)(H,30,31,32). The van der Waals surface area contributed by atoms with Crippen LogP contribution in [0.5, 0.6) is 5.88 Å². The minimum atomic E-state index is -0.878. The number of imidazole rings is 1. The van der Waals surface area contributed by atoms with E-state index in [1.807, 2.05) is 48.8 Å². The van der Waals surface area contributed by atoms with Crippen LogP contribution >= 0.6 is 0 Å². The van der Waals surface area contributed by atoms with Crippen LogP contribution in [0, 0.1) is 19.3 Å². The number of ether oxygens (including phenoxy) is 1. The van der Waals surface area contributed by atoms with Gasteiger partial charge in [0.05, 0.1) is 12.1 Å². The van der Waals surface area contributed by atoms with Crippen LogP contribution in [-0.4, -0.2) is 36.3 Å². The number of anilines is 1. The van der Waals surface area contributed by atoms with E-state index in [0.717, 1.165) is 35.1 Å². The summed E-state index contributed by atoms with van der Waals surface area (Å²) in [6.07, 6.45) is 7.55. The zero-order valence-corrected chi connectivity index (χ0v) is 20.8. The molecule has 0 aliphatic heterocycles. The molecule has 37 heavy (non-hydrogen) atoms. The van der Waals surface area contributed by atoms with Crippen LogP contribution in [0.2, 0.25) is 0 Å². The maximum atomic E-state index is 11.4.